The van der Waals surface area contributed by atoms with E-state index < -0.39 is 0 Å². The zero-order valence-electron chi connectivity index (χ0n) is 6.57. The summed E-state index contributed by atoms with van der Waals surface area (Å²) in [6.45, 7) is 13.1. The first-order valence-corrected chi connectivity index (χ1v) is 3.11. The van der Waals surface area contributed by atoms with Crippen LogP contribution in [0.5, 0.6) is 0 Å². The van der Waals surface area contributed by atoms with Gasteiger partial charge in [-0.25, -0.2) is 15.0 Å². The van der Waals surface area contributed by atoms with Crippen molar-refractivity contribution >= 4 is 5.87 Å². The van der Waals surface area contributed by atoms with E-state index in [9.17, 15) is 0 Å². The highest BCUT2D eigenvalue weighted by atomic mass is 14.7. The van der Waals surface area contributed by atoms with Crippen molar-refractivity contribution in [1.82, 2.24) is 0 Å². The van der Waals surface area contributed by atoms with Gasteiger partial charge in [-0.05, 0) is 18.0 Å². The number of nitriles is 1. The first-order chi connectivity index (χ1) is 6.28. The normalized spacial score (nSPS) is 9.46. The molecular weight excluding hydrogens is 164 g/mol. The van der Waals surface area contributed by atoms with Crippen LogP contribution >= 0.6 is 0 Å². The second kappa shape index (κ2) is 6.13. The van der Waals surface area contributed by atoms with Crippen LogP contribution < -0.4 is 0 Å². The van der Waals surface area contributed by atoms with Crippen molar-refractivity contribution in [2.24, 2.45) is 0 Å². The Morgan fingerprint density at radius 1 is 1.38 bits per heavy atom. The molecule has 4 nitrogen and oxygen atoms in total. The van der Waals surface area contributed by atoms with Crippen molar-refractivity contribution in [3.05, 3.63) is 52.5 Å². The first kappa shape index (κ1) is 10.4. The Labute approximate surface area is 75.9 Å². The zero-order valence-corrected chi connectivity index (χ0v) is 6.57. The van der Waals surface area contributed by atoms with Gasteiger partial charge in [-0.2, -0.15) is 0 Å². The van der Waals surface area contributed by atoms with Crippen LogP contribution in [-0.4, -0.2) is 5.87 Å². The molecule has 0 aliphatic rings. The van der Waals surface area contributed by atoms with Gasteiger partial charge in [0.1, 0.15) is 0 Å². The highest BCUT2D eigenvalue weighted by Crippen LogP contribution is 1.97. The predicted octanol–water partition coefficient (Wildman–Crippen LogP) is 1.92. The summed E-state index contributed by atoms with van der Waals surface area (Å²) in [5.74, 6) is 1.90. The fraction of sp³-hybridized carbons (Fsp3) is 0. The number of hydrogen-bond donors (Lipinski definition) is 1. The van der Waals surface area contributed by atoms with Crippen LogP contribution in [0.15, 0.2) is 29.6 Å². The standard InChI is InChI=1S/C9H4N4/c1-12-8(6-10)4-3-5-9(7-11)13-2/h3-5,10H/b4-3?,9-5+. The number of nitrogens with one attached hydrogen (secondary N) is 1. The molecule has 0 radical (unpaired) electrons. The third-order valence-corrected chi connectivity index (χ3v) is 0.992. The molecule has 0 amide bonds. The van der Waals surface area contributed by atoms with Gasteiger partial charge in [0.25, 0.3) is 5.70 Å². The Hall–Kier alpha value is -2.60. The van der Waals surface area contributed by atoms with Gasteiger partial charge >= 0.3 is 0 Å². The second-order valence-corrected chi connectivity index (χ2v) is 1.76. The van der Waals surface area contributed by atoms with Crippen molar-refractivity contribution in [2.75, 3.05) is 0 Å². The summed E-state index contributed by atoms with van der Waals surface area (Å²) in [6, 6.07) is 1.66. The van der Waals surface area contributed by atoms with E-state index in [0.717, 1.165) is 0 Å². The highest BCUT2D eigenvalue weighted by Gasteiger charge is 1.87. The summed E-state index contributed by atoms with van der Waals surface area (Å²) in [6.07, 6.45) is 3.95. The first-order valence-electron chi connectivity index (χ1n) is 3.11. The minimum Gasteiger partial charge on any atom is -0.271 e. The highest BCUT2D eigenvalue weighted by molar-refractivity contribution is 5.61. The molecule has 13 heavy (non-hydrogen) atoms. The molecule has 60 valence electrons. The van der Waals surface area contributed by atoms with E-state index in [4.69, 9.17) is 23.8 Å². The SMILES string of the molecule is [C-]#[N+]C(=C=N)C=C/C=C(\C#N)[N+]#[C-]. The fourth-order valence-electron chi connectivity index (χ4n) is 0.437. The second-order valence-electron chi connectivity index (χ2n) is 1.76. The molecule has 0 aliphatic carbocycles. The van der Waals surface area contributed by atoms with Gasteiger partial charge in [0.05, 0.1) is 19.2 Å². The summed E-state index contributed by atoms with van der Waals surface area (Å²) in [7, 11) is 0. The van der Waals surface area contributed by atoms with Crippen LogP contribution in [0.3, 0.4) is 0 Å². The van der Waals surface area contributed by atoms with E-state index in [-0.39, 0.29) is 11.4 Å². The van der Waals surface area contributed by atoms with Gasteiger partial charge < -0.3 is 0 Å². The van der Waals surface area contributed by atoms with Crippen molar-refractivity contribution in [2.45, 2.75) is 0 Å². The molecule has 0 aromatic rings. The van der Waals surface area contributed by atoms with Gasteiger partial charge in [0.2, 0.25) is 5.70 Å². The maximum atomic E-state index is 8.32. The Balaban J connectivity index is 4.62. The Kier molecular flexibility index (Phi) is 4.91. The minimum absolute atomic E-state index is 0.0264. The summed E-state index contributed by atoms with van der Waals surface area (Å²) in [5.41, 5.74) is -0.0379. The number of allylic oxidation sites excluding steroid dienone is 4. The van der Waals surface area contributed by atoms with Crippen molar-refractivity contribution in [3.63, 3.8) is 0 Å². The van der Waals surface area contributed by atoms with Gasteiger partial charge in [-0.3, -0.25) is 5.41 Å². The Morgan fingerprint density at radius 3 is 2.46 bits per heavy atom. The molecule has 0 aromatic heterocycles. The molecule has 0 spiro atoms. The van der Waals surface area contributed by atoms with Crippen LogP contribution in [0.2, 0.25) is 0 Å². The average molecular weight is 168 g/mol. The molecule has 0 saturated carbocycles. The Morgan fingerprint density at radius 2 is 2.08 bits per heavy atom. The summed E-state index contributed by atoms with van der Waals surface area (Å²) >= 11 is 0. The van der Waals surface area contributed by atoms with E-state index in [1.807, 2.05) is 5.87 Å². The molecule has 0 heterocycles. The van der Waals surface area contributed by atoms with E-state index >= 15 is 0 Å². The summed E-state index contributed by atoms with van der Waals surface area (Å²) in [5, 5.41) is 15.0. The Bertz CT molecular complexity index is 398. The summed E-state index contributed by atoms with van der Waals surface area (Å²) in [4.78, 5) is 5.85. The van der Waals surface area contributed by atoms with Crippen molar-refractivity contribution < 1.29 is 0 Å². The molecule has 0 aliphatic heterocycles. The molecule has 0 atom stereocenters. The third kappa shape index (κ3) is 3.96. The van der Waals surface area contributed by atoms with Crippen LogP contribution in [-0.2, 0) is 0 Å². The smallest absolute Gasteiger partial charge is 0.261 e. The summed E-state index contributed by atoms with van der Waals surface area (Å²) < 4.78 is 0. The molecule has 0 bridgehead atoms. The lowest BCUT2D eigenvalue weighted by Crippen LogP contribution is -1.68. The lowest BCUT2D eigenvalue weighted by atomic mass is 10.3. The van der Waals surface area contributed by atoms with Crippen molar-refractivity contribution in [1.29, 1.82) is 10.7 Å². The zero-order chi connectivity index (χ0) is 10.1. The van der Waals surface area contributed by atoms with Crippen LogP contribution in [0.25, 0.3) is 9.69 Å². The van der Waals surface area contributed by atoms with Gasteiger partial charge in [0.15, 0.2) is 0 Å². The molecule has 0 rings (SSSR count). The molecule has 0 fully saturated rings. The fourth-order valence-corrected chi connectivity index (χ4v) is 0.437. The molecule has 0 saturated heterocycles. The minimum atomic E-state index is -0.0643. The number of rotatable bonds is 2. The van der Waals surface area contributed by atoms with E-state index in [2.05, 4.69) is 9.69 Å². The van der Waals surface area contributed by atoms with Crippen LogP contribution in [0, 0.1) is 29.9 Å². The average Bonchev–Trinajstić information content (AvgIpc) is 2.19. The van der Waals surface area contributed by atoms with E-state index in [0.29, 0.717) is 0 Å². The monoisotopic (exact) mass is 168 g/mol. The van der Waals surface area contributed by atoms with Crippen LogP contribution in [0.4, 0.5) is 0 Å². The maximum Gasteiger partial charge on any atom is 0.261 e. The predicted molar refractivity (Wildman–Crippen MR) is 47.3 cm³/mol. The number of hydrogen-bond acceptors (Lipinski definition) is 2. The molecular formula is C9H4N4. The topological polar surface area (TPSA) is 56.4 Å². The van der Waals surface area contributed by atoms with Crippen molar-refractivity contribution in [3.8, 4) is 6.07 Å². The number of nitrogens with zero attached hydrogens (tertiary/aromatic N) is 3. The molecule has 1 N–H and O–H groups in total. The van der Waals surface area contributed by atoms with Crippen LogP contribution in [0.1, 0.15) is 0 Å². The maximum absolute atomic E-state index is 8.32. The van der Waals surface area contributed by atoms with Gasteiger partial charge in [0, 0.05) is 0 Å². The van der Waals surface area contributed by atoms with Gasteiger partial charge in [-0.15, -0.1) is 0 Å². The third-order valence-electron chi connectivity index (χ3n) is 0.992. The van der Waals surface area contributed by atoms with E-state index in [1.54, 1.807) is 6.07 Å². The van der Waals surface area contributed by atoms with Gasteiger partial charge in [-0.1, -0.05) is 6.08 Å². The quantitative estimate of drug-likeness (QED) is 0.291. The molecule has 4 heteroatoms. The lowest BCUT2D eigenvalue weighted by Gasteiger charge is -1.78. The largest absolute Gasteiger partial charge is 0.271 e. The lowest BCUT2D eigenvalue weighted by molar-refractivity contribution is 1.50. The van der Waals surface area contributed by atoms with E-state index in [1.165, 1.54) is 18.2 Å². The molecule has 0 aromatic carbocycles. The molecule has 0 unspecified atom stereocenters.